The quantitative estimate of drug-likeness (QED) is 0.542. The van der Waals surface area contributed by atoms with Crippen LogP contribution in [-0.2, 0) is 11.3 Å². The Morgan fingerprint density at radius 1 is 1.17 bits per heavy atom. The Morgan fingerprint density at radius 3 is 2.80 bits per heavy atom. The van der Waals surface area contributed by atoms with E-state index in [1.54, 1.807) is 24.4 Å². The van der Waals surface area contributed by atoms with Crippen molar-refractivity contribution in [2.24, 2.45) is 5.92 Å². The molecule has 2 aromatic heterocycles. The number of hydrogen-bond donors (Lipinski definition) is 1. The van der Waals surface area contributed by atoms with Crippen LogP contribution in [-0.4, -0.2) is 67.5 Å². The zero-order valence-electron chi connectivity index (χ0n) is 19.7. The standard InChI is InChI=1S/C23H26Cl2N8O2/c1-23(2,3)35-22(34)32-12-15-11-31(13-18(15)32)20-14(6-5-9-26-20)10-27-21-28-29-30-33(21)17-8-4-7-16(24)19(17)25/h4-9,15,18H,10-13H2,1-3H3,(H,27,28,30). The third-order valence-electron chi connectivity index (χ3n) is 6.10. The van der Waals surface area contributed by atoms with E-state index in [0.717, 1.165) is 17.9 Å². The van der Waals surface area contributed by atoms with Gasteiger partial charge < -0.3 is 19.9 Å². The molecule has 1 N–H and O–H groups in total. The fourth-order valence-electron chi connectivity index (χ4n) is 4.48. The van der Waals surface area contributed by atoms with Crippen molar-refractivity contribution in [3.05, 3.63) is 52.1 Å². The number of tetrazole rings is 1. The first-order valence-corrected chi connectivity index (χ1v) is 12.1. The van der Waals surface area contributed by atoms with Crippen LogP contribution < -0.4 is 10.2 Å². The highest BCUT2D eigenvalue weighted by molar-refractivity contribution is 6.43. The summed E-state index contributed by atoms with van der Waals surface area (Å²) >= 11 is 12.5. The zero-order valence-corrected chi connectivity index (χ0v) is 21.2. The Labute approximate surface area is 213 Å². The van der Waals surface area contributed by atoms with E-state index >= 15 is 0 Å². The SMILES string of the molecule is CC(C)(C)OC(=O)N1CC2CN(c3ncccc3CNc3nnnn3-c3cccc(Cl)c3Cl)CC21. The maximum absolute atomic E-state index is 12.5. The van der Waals surface area contributed by atoms with Gasteiger partial charge in [0, 0.05) is 43.9 Å². The molecule has 184 valence electrons. The van der Waals surface area contributed by atoms with Crippen molar-refractivity contribution in [1.29, 1.82) is 0 Å². The van der Waals surface area contributed by atoms with Crippen molar-refractivity contribution >= 4 is 41.1 Å². The van der Waals surface area contributed by atoms with Crippen LogP contribution in [0, 0.1) is 5.92 Å². The molecule has 0 saturated carbocycles. The number of nitrogens with zero attached hydrogens (tertiary/aromatic N) is 7. The van der Waals surface area contributed by atoms with Crippen molar-refractivity contribution in [1.82, 2.24) is 30.1 Å². The van der Waals surface area contributed by atoms with E-state index in [0.29, 0.717) is 47.2 Å². The van der Waals surface area contributed by atoms with Gasteiger partial charge in [0.2, 0.25) is 5.95 Å². The van der Waals surface area contributed by atoms with E-state index < -0.39 is 5.60 Å². The minimum atomic E-state index is -0.509. The molecule has 12 heteroatoms. The number of hydrogen-bond acceptors (Lipinski definition) is 8. The van der Waals surface area contributed by atoms with Gasteiger partial charge in [-0.1, -0.05) is 40.4 Å². The Morgan fingerprint density at radius 2 is 2.00 bits per heavy atom. The number of ether oxygens (including phenoxy) is 1. The summed E-state index contributed by atoms with van der Waals surface area (Å²) in [5.74, 6) is 1.71. The first kappa shape index (κ1) is 23.6. The van der Waals surface area contributed by atoms with Gasteiger partial charge in [-0.3, -0.25) is 0 Å². The van der Waals surface area contributed by atoms with Gasteiger partial charge in [0.1, 0.15) is 11.4 Å². The summed E-state index contributed by atoms with van der Waals surface area (Å²) in [4.78, 5) is 21.2. The lowest BCUT2D eigenvalue weighted by atomic mass is 9.93. The van der Waals surface area contributed by atoms with Crippen LogP contribution in [0.15, 0.2) is 36.5 Å². The van der Waals surface area contributed by atoms with E-state index in [4.69, 9.17) is 27.9 Å². The smallest absolute Gasteiger partial charge is 0.410 e. The largest absolute Gasteiger partial charge is 0.444 e. The predicted octanol–water partition coefficient (Wildman–Crippen LogP) is 4.03. The lowest BCUT2D eigenvalue weighted by molar-refractivity contribution is -0.0163. The average molecular weight is 517 g/mol. The molecule has 0 bridgehead atoms. The van der Waals surface area contributed by atoms with E-state index in [-0.39, 0.29) is 12.1 Å². The van der Waals surface area contributed by atoms with Crippen molar-refractivity contribution < 1.29 is 9.53 Å². The Hall–Kier alpha value is -3.11. The van der Waals surface area contributed by atoms with E-state index in [1.807, 2.05) is 37.8 Å². The number of carbonyl (C=O) groups excluding carboxylic acids is 1. The van der Waals surface area contributed by atoms with Crippen LogP contribution in [0.5, 0.6) is 0 Å². The van der Waals surface area contributed by atoms with E-state index in [1.165, 1.54) is 4.68 Å². The van der Waals surface area contributed by atoms with Crippen LogP contribution in [0.1, 0.15) is 26.3 Å². The second kappa shape index (κ2) is 9.16. The number of anilines is 2. The minimum Gasteiger partial charge on any atom is -0.444 e. The highest BCUT2D eigenvalue weighted by atomic mass is 35.5. The van der Waals surface area contributed by atoms with Crippen molar-refractivity contribution in [2.75, 3.05) is 29.9 Å². The molecule has 2 aliphatic heterocycles. The second-order valence-electron chi connectivity index (χ2n) is 9.69. The number of benzene rings is 1. The molecule has 0 aliphatic carbocycles. The predicted molar refractivity (Wildman–Crippen MR) is 133 cm³/mol. The molecule has 2 atom stereocenters. The van der Waals surface area contributed by atoms with Gasteiger partial charge in [0.25, 0.3) is 0 Å². The Balaban J connectivity index is 1.29. The molecule has 2 fully saturated rings. The molecular formula is C23H26Cl2N8O2. The molecule has 3 aromatic rings. The molecule has 5 rings (SSSR count). The summed E-state index contributed by atoms with van der Waals surface area (Å²) in [5, 5.41) is 16.0. The highest BCUT2D eigenvalue weighted by Crippen LogP contribution is 2.36. The summed E-state index contributed by atoms with van der Waals surface area (Å²) in [7, 11) is 0. The van der Waals surface area contributed by atoms with Gasteiger partial charge in [-0.05, 0) is 49.4 Å². The molecule has 2 saturated heterocycles. The molecule has 1 aromatic carbocycles. The van der Waals surface area contributed by atoms with Crippen LogP contribution in [0.2, 0.25) is 10.0 Å². The van der Waals surface area contributed by atoms with E-state index in [9.17, 15) is 4.79 Å². The number of aromatic nitrogens is 5. The fraction of sp³-hybridized carbons (Fsp3) is 0.435. The first-order valence-electron chi connectivity index (χ1n) is 11.4. The molecule has 2 aliphatic rings. The summed E-state index contributed by atoms with van der Waals surface area (Å²) in [6.45, 7) is 8.34. The van der Waals surface area contributed by atoms with Gasteiger partial charge in [0.05, 0.1) is 21.8 Å². The van der Waals surface area contributed by atoms with Crippen LogP contribution in [0.25, 0.3) is 5.69 Å². The maximum Gasteiger partial charge on any atom is 0.410 e. The number of amides is 1. The lowest BCUT2D eigenvalue weighted by Gasteiger charge is -2.43. The van der Waals surface area contributed by atoms with Gasteiger partial charge in [-0.2, -0.15) is 4.68 Å². The van der Waals surface area contributed by atoms with Gasteiger partial charge in [0.15, 0.2) is 0 Å². The third-order valence-corrected chi connectivity index (χ3v) is 6.91. The molecule has 35 heavy (non-hydrogen) atoms. The first-order chi connectivity index (χ1) is 16.7. The monoisotopic (exact) mass is 516 g/mol. The second-order valence-corrected chi connectivity index (χ2v) is 10.5. The van der Waals surface area contributed by atoms with Gasteiger partial charge >= 0.3 is 6.09 Å². The number of pyridine rings is 1. The number of rotatable bonds is 5. The minimum absolute atomic E-state index is 0.130. The topological polar surface area (TPSA) is 101 Å². The van der Waals surface area contributed by atoms with Crippen LogP contribution in [0.4, 0.5) is 16.6 Å². The summed E-state index contributed by atoms with van der Waals surface area (Å²) in [6, 6.07) is 9.33. The van der Waals surface area contributed by atoms with Crippen molar-refractivity contribution in [3.63, 3.8) is 0 Å². The number of fused-ring (bicyclic) bond motifs is 1. The summed E-state index contributed by atoms with van der Waals surface area (Å²) < 4.78 is 7.07. The van der Waals surface area contributed by atoms with Crippen LogP contribution >= 0.6 is 23.2 Å². The molecule has 0 radical (unpaired) electrons. The van der Waals surface area contributed by atoms with Gasteiger partial charge in [-0.15, -0.1) is 0 Å². The highest BCUT2D eigenvalue weighted by Gasteiger charge is 2.49. The average Bonchev–Trinajstić information content (AvgIpc) is 3.38. The lowest BCUT2D eigenvalue weighted by Crippen LogP contribution is -2.59. The normalized spacial score (nSPS) is 19.3. The maximum atomic E-state index is 12.5. The molecule has 10 nitrogen and oxygen atoms in total. The summed E-state index contributed by atoms with van der Waals surface area (Å²) in [5.41, 5.74) is 1.06. The molecule has 0 spiro atoms. The van der Waals surface area contributed by atoms with E-state index in [2.05, 4.69) is 30.7 Å². The molecule has 2 unspecified atom stereocenters. The third kappa shape index (κ3) is 4.72. The zero-order chi connectivity index (χ0) is 24.7. The van der Waals surface area contributed by atoms with Crippen LogP contribution in [0.3, 0.4) is 0 Å². The number of carbonyl (C=O) groups is 1. The van der Waals surface area contributed by atoms with Crippen molar-refractivity contribution in [2.45, 2.75) is 39.0 Å². The number of halogens is 2. The molecular weight excluding hydrogens is 491 g/mol. The number of nitrogens with one attached hydrogen (secondary N) is 1. The van der Waals surface area contributed by atoms with Crippen molar-refractivity contribution in [3.8, 4) is 5.69 Å². The summed E-state index contributed by atoms with van der Waals surface area (Å²) in [6.07, 6.45) is 1.52. The molecule has 4 heterocycles. The fourth-order valence-corrected chi connectivity index (χ4v) is 4.86. The molecule has 1 amide bonds. The Bertz CT molecular complexity index is 1240. The Kier molecular flexibility index (Phi) is 6.18. The van der Waals surface area contributed by atoms with Gasteiger partial charge in [-0.25, -0.2) is 9.78 Å². The number of likely N-dealkylation sites (tertiary alicyclic amines) is 1.